The van der Waals surface area contributed by atoms with Crippen molar-refractivity contribution in [2.24, 2.45) is 0 Å². The van der Waals surface area contributed by atoms with E-state index in [0.717, 1.165) is 32.7 Å². The largest absolute Gasteiger partial charge is 0.455 e. The van der Waals surface area contributed by atoms with E-state index in [2.05, 4.69) is 6.07 Å². The minimum Gasteiger partial charge on any atom is -0.455 e. The van der Waals surface area contributed by atoms with E-state index in [0.29, 0.717) is 11.2 Å². The zero-order valence-electron chi connectivity index (χ0n) is 42.4. The molecule has 1 aromatic heterocycles. The summed E-state index contributed by atoms with van der Waals surface area (Å²) in [6, 6.07) is 11.7. The highest BCUT2D eigenvalue weighted by atomic mass is 16.3. The summed E-state index contributed by atoms with van der Waals surface area (Å²) in [5.41, 5.74) is 0.643. The molecule has 0 saturated heterocycles. The van der Waals surface area contributed by atoms with Crippen LogP contribution in [0.25, 0.3) is 98.8 Å². The van der Waals surface area contributed by atoms with Crippen LogP contribution in [0.1, 0.15) is 23.3 Å². The first kappa shape index (κ1) is 15.6. The predicted octanol–water partition coefficient (Wildman–Crippen LogP) is 13.7. The maximum absolute atomic E-state index is 9.52. The van der Waals surface area contributed by atoms with Crippen LogP contribution in [0.5, 0.6) is 0 Å². The van der Waals surface area contributed by atoms with Gasteiger partial charge in [0, 0.05) is 16.3 Å². The lowest BCUT2D eigenvalue weighted by molar-refractivity contribution is 0.670. The number of para-hydroxylation sites is 1. The molecule has 228 valence electrons. The van der Waals surface area contributed by atoms with Gasteiger partial charge in [0.1, 0.15) is 11.2 Å². The number of hydrogen-bond donors (Lipinski definition) is 0. The fourth-order valence-corrected chi connectivity index (χ4v) is 6.62. The molecule has 0 aliphatic rings. The van der Waals surface area contributed by atoms with Gasteiger partial charge in [0.2, 0.25) is 0 Å². The maximum atomic E-state index is 9.52. The summed E-state index contributed by atoms with van der Waals surface area (Å²) in [7, 11) is 0. The Morgan fingerprint density at radius 3 is 1.65 bits per heavy atom. The number of hydrogen-bond acceptors (Lipinski definition) is 1. The molecule has 0 saturated carbocycles. The SMILES string of the molecule is [2H]c1c([2H])c([2H])c(-c2c3c([2H])c([2H])c([2H])c([2H])c3c(-c3c([2H])c([2H])c(-c4ccc5c(c4)oc4c(-c6ccc7ccccc7c6)cccc45)c([2H])c3[2H])c3c([2H])c([2H])c([2H])c([2H])c23)c([2H])c1[2H]. The minimum atomic E-state index is -0.826. The lowest BCUT2D eigenvalue weighted by atomic mass is 9.86. The van der Waals surface area contributed by atoms with Crippen LogP contribution < -0.4 is 0 Å². The van der Waals surface area contributed by atoms with Crippen LogP contribution in [-0.2, 0) is 0 Å². The zero-order chi connectivity index (χ0) is 47.1. The minimum absolute atomic E-state index is 0.154. The van der Waals surface area contributed by atoms with Crippen molar-refractivity contribution in [1.29, 1.82) is 0 Å². The first-order valence-electron chi connectivity index (χ1n) is 24.0. The van der Waals surface area contributed by atoms with Crippen molar-refractivity contribution in [1.82, 2.24) is 0 Å². The summed E-state index contributed by atoms with van der Waals surface area (Å²) in [5, 5.41) is 1.58. The molecule has 0 fully saturated rings. The Hall–Kier alpha value is -6.44. The number of furan rings is 1. The summed E-state index contributed by atoms with van der Waals surface area (Å²) < 4.78 is 159. The quantitative estimate of drug-likeness (QED) is 0.175. The zero-order valence-corrected chi connectivity index (χ0v) is 25.4. The predicted molar refractivity (Wildman–Crippen MR) is 208 cm³/mol. The second kappa shape index (κ2) is 11.1. The van der Waals surface area contributed by atoms with Gasteiger partial charge in [-0.3, -0.25) is 0 Å². The van der Waals surface area contributed by atoms with E-state index in [1.807, 2.05) is 54.6 Å². The van der Waals surface area contributed by atoms with Crippen molar-refractivity contribution in [3.63, 3.8) is 0 Å². The Kier molecular flexibility index (Phi) is 3.54. The van der Waals surface area contributed by atoms with Crippen molar-refractivity contribution in [2.45, 2.75) is 0 Å². The van der Waals surface area contributed by atoms with Crippen molar-refractivity contribution < 1.29 is 27.7 Å². The smallest absolute Gasteiger partial charge is 0.143 e. The summed E-state index contributed by atoms with van der Waals surface area (Å²) >= 11 is 0. The third kappa shape index (κ3) is 4.47. The van der Waals surface area contributed by atoms with Gasteiger partial charge >= 0.3 is 0 Å². The van der Waals surface area contributed by atoms with Crippen LogP contribution >= 0.6 is 0 Å². The van der Waals surface area contributed by atoms with Gasteiger partial charge in [0.25, 0.3) is 0 Å². The Balaban J connectivity index is 1.28. The van der Waals surface area contributed by atoms with Crippen LogP contribution in [-0.4, -0.2) is 0 Å². The molecule has 49 heavy (non-hydrogen) atoms. The van der Waals surface area contributed by atoms with E-state index in [1.165, 1.54) is 0 Å². The average Bonchev–Trinajstić information content (AvgIpc) is 3.70. The van der Waals surface area contributed by atoms with E-state index >= 15 is 0 Å². The van der Waals surface area contributed by atoms with Crippen LogP contribution in [0.4, 0.5) is 0 Å². The normalized spacial score (nSPS) is 16.5. The number of benzene rings is 9. The molecule has 0 radical (unpaired) electrons. The Labute approximate surface area is 308 Å². The Morgan fingerprint density at radius 1 is 0.367 bits per heavy atom. The number of fused-ring (bicyclic) bond motifs is 6. The Bertz CT molecular complexity index is 3720. The third-order valence-electron chi connectivity index (χ3n) is 8.85. The molecule has 0 aliphatic heterocycles. The molecule has 0 spiro atoms. The van der Waals surface area contributed by atoms with Crippen LogP contribution in [0.15, 0.2) is 186 Å². The maximum Gasteiger partial charge on any atom is 0.143 e. The summed E-state index contributed by atoms with van der Waals surface area (Å²) in [6.45, 7) is 0. The molecule has 0 unspecified atom stereocenters. The molecule has 10 rings (SSSR count). The van der Waals surface area contributed by atoms with E-state index in [1.54, 1.807) is 18.2 Å². The summed E-state index contributed by atoms with van der Waals surface area (Å²) in [5.74, 6) is 0. The third-order valence-corrected chi connectivity index (χ3v) is 8.85. The molecule has 0 amide bonds. The molecule has 0 atom stereocenters. The first-order chi connectivity index (χ1) is 31.4. The van der Waals surface area contributed by atoms with E-state index in [-0.39, 0.29) is 11.1 Å². The summed E-state index contributed by atoms with van der Waals surface area (Å²) in [6.07, 6.45) is 0. The van der Waals surface area contributed by atoms with Gasteiger partial charge in [-0.05, 0) is 89.5 Å². The second-order valence-electron chi connectivity index (χ2n) is 11.6. The van der Waals surface area contributed by atoms with Gasteiger partial charge in [-0.1, -0.05) is 163 Å². The van der Waals surface area contributed by atoms with Crippen LogP contribution in [0.3, 0.4) is 0 Å². The van der Waals surface area contributed by atoms with Gasteiger partial charge < -0.3 is 4.42 Å². The molecule has 0 N–H and O–H groups in total. The molecule has 0 aliphatic carbocycles. The second-order valence-corrected chi connectivity index (χ2v) is 11.6. The van der Waals surface area contributed by atoms with E-state index in [9.17, 15) is 11.0 Å². The van der Waals surface area contributed by atoms with E-state index in [4.69, 9.17) is 16.8 Å². The lowest BCUT2D eigenvalue weighted by Gasteiger charge is -2.18. The van der Waals surface area contributed by atoms with Gasteiger partial charge in [-0.25, -0.2) is 0 Å². The topological polar surface area (TPSA) is 13.1 Å². The molecule has 9 aromatic carbocycles. The molecule has 1 heterocycles. The standard InChI is InChI=1S/C48H30O/c1-2-12-33(13-3-1)46-40-15-6-8-17-42(40)47(43-18-9-7-16-41(43)46)34-24-21-32(22-25-34)36-27-28-39-44-20-10-19-38(48(44)49-45(39)30-36)37-26-23-31-11-4-5-14-35(31)29-37/h1-30H/i1D,2D,3D,6D,7D,8D,9D,12D,13D,15D,16D,17D,18D,21D,22D,24D,25D. The highest BCUT2D eigenvalue weighted by Crippen LogP contribution is 2.44. The van der Waals surface area contributed by atoms with Crippen molar-refractivity contribution >= 4 is 54.3 Å². The van der Waals surface area contributed by atoms with Crippen LogP contribution in [0, 0.1) is 0 Å². The fourth-order valence-electron chi connectivity index (χ4n) is 6.62. The molecule has 0 bridgehead atoms. The Morgan fingerprint density at radius 2 is 0.959 bits per heavy atom. The van der Waals surface area contributed by atoms with Gasteiger partial charge in [-0.2, -0.15) is 0 Å². The first-order valence-corrected chi connectivity index (χ1v) is 15.5. The summed E-state index contributed by atoms with van der Waals surface area (Å²) in [4.78, 5) is 0. The molecule has 1 heteroatoms. The highest BCUT2D eigenvalue weighted by Gasteiger charge is 2.17. The monoisotopic (exact) mass is 639 g/mol. The number of rotatable bonds is 4. The van der Waals surface area contributed by atoms with Gasteiger partial charge in [0.05, 0.1) is 23.3 Å². The van der Waals surface area contributed by atoms with Crippen LogP contribution in [0.2, 0.25) is 0 Å². The molecular weight excluding hydrogens is 593 g/mol. The molecule has 10 aromatic rings. The van der Waals surface area contributed by atoms with Gasteiger partial charge in [0.15, 0.2) is 0 Å². The van der Waals surface area contributed by atoms with Gasteiger partial charge in [-0.15, -0.1) is 0 Å². The lowest BCUT2D eigenvalue weighted by Crippen LogP contribution is -1.90. The average molecular weight is 640 g/mol. The molecular formula is C48H30O. The molecule has 1 nitrogen and oxygen atoms in total. The highest BCUT2D eigenvalue weighted by molar-refractivity contribution is 6.21. The van der Waals surface area contributed by atoms with Crippen molar-refractivity contribution in [3.05, 3.63) is 182 Å². The van der Waals surface area contributed by atoms with Crippen molar-refractivity contribution in [3.8, 4) is 44.5 Å². The van der Waals surface area contributed by atoms with E-state index < -0.39 is 147 Å². The fraction of sp³-hybridized carbons (Fsp3) is 0. The van der Waals surface area contributed by atoms with Crippen molar-refractivity contribution in [2.75, 3.05) is 0 Å².